The summed E-state index contributed by atoms with van der Waals surface area (Å²) in [5.41, 5.74) is 10.6. The molecule has 1 aromatic heterocycles. The second-order valence-electron chi connectivity index (χ2n) is 2.99. The van der Waals surface area contributed by atoms with E-state index in [1.807, 2.05) is 31.2 Å². The summed E-state index contributed by atoms with van der Waals surface area (Å²) < 4.78 is 0. The van der Waals surface area contributed by atoms with Crippen molar-refractivity contribution in [3.63, 3.8) is 0 Å². The van der Waals surface area contributed by atoms with Crippen LogP contribution in [-0.4, -0.2) is 4.98 Å². The standard InChI is InChI=1S/C10H8N4/c1-7-5-6-8-3-2-4-9(13-14-11)10(8)12-7/h2-6H,1H3. The SMILES string of the molecule is Cc1ccc2cccc(N=[N+]=[N-])c2n1. The fourth-order valence-corrected chi connectivity index (χ4v) is 1.36. The fraction of sp³-hybridized carbons (Fsp3) is 0.100. The first-order valence-electron chi connectivity index (χ1n) is 4.23. The Kier molecular flexibility index (Phi) is 2.05. The molecule has 0 atom stereocenters. The molecule has 0 fully saturated rings. The Morgan fingerprint density at radius 1 is 1.29 bits per heavy atom. The molecule has 4 nitrogen and oxygen atoms in total. The number of para-hydroxylation sites is 1. The third-order valence-corrected chi connectivity index (χ3v) is 1.99. The summed E-state index contributed by atoms with van der Waals surface area (Å²) in [5.74, 6) is 0. The van der Waals surface area contributed by atoms with Gasteiger partial charge in [-0.1, -0.05) is 29.4 Å². The van der Waals surface area contributed by atoms with Gasteiger partial charge in [0.1, 0.15) is 0 Å². The van der Waals surface area contributed by atoms with Gasteiger partial charge >= 0.3 is 0 Å². The van der Waals surface area contributed by atoms with Crippen LogP contribution in [0.4, 0.5) is 5.69 Å². The molecule has 0 bridgehead atoms. The molecule has 0 saturated carbocycles. The monoisotopic (exact) mass is 184 g/mol. The first kappa shape index (κ1) is 8.53. The highest BCUT2D eigenvalue weighted by atomic mass is 15.1. The van der Waals surface area contributed by atoms with Crippen LogP contribution in [0.3, 0.4) is 0 Å². The number of fused-ring (bicyclic) bond motifs is 1. The second-order valence-corrected chi connectivity index (χ2v) is 2.99. The number of hydrogen-bond acceptors (Lipinski definition) is 2. The van der Waals surface area contributed by atoms with E-state index in [2.05, 4.69) is 15.0 Å². The minimum Gasteiger partial charge on any atom is -0.253 e. The normalized spacial score (nSPS) is 9.79. The maximum absolute atomic E-state index is 8.38. The fourth-order valence-electron chi connectivity index (χ4n) is 1.36. The van der Waals surface area contributed by atoms with Crippen LogP contribution in [0.25, 0.3) is 21.3 Å². The number of rotatable bonds is 1. The Labute approximate surface area is 80.8 Å². The predicted molar refractivity (Wildman–Crippen MR) is 55.3 cm³/mol. The van der Waals surface area contributed by atoms with Crippen LogP contribution in [0.5, 0.6) is 0 Å². The Morgan fingerprint density at radius 2 is 2.14 bits per heavy atom. The van der Waals surface area contributed by atoms with Gasteiger partial charge < -0.3 is 0 Å². The van der Waals surface area contributed by atoms with Gasteiger partial charge in [0, 0.05) is 16.0 Å². The van der Waals surface area contributed by atoms with E-state index in [0.717, 1.165) is 16.6 Å². The summed E-state index contributed by atoms with van der Waals surface area (Å²) >= 11 is 0. The lowest BCUT2D eigenvalue weighted by molar-refractivity contribution is 1.25. The van der Waals surface area contributed by atoms with Gasteiger partial charge in [-0.15, -0.1) is 0 Å². The molecule has 0 spiro atoms. The minimum absolute atomic E-state index is 0.578. The lowest BCUT2D eigenvalue weighted by atomic mass is 10.2. The van der Waals surface area contributed by atoms with E-state index in [4.69, 9.17) is 5.53 Å². The van der Waals surface area contributed by atoms with E-state index in [9.17, 15) is 0 Å². The molecule has 4 heteroatoms. The van der Waals surface area contributed by atoms with Gasteiger partial charge in [-0.25, -0.2) is 0 Å². The molecule has 0 N–H and O–H groups in total. The lowest BCUT2D eigenvalue weighted by Gasteiger charge is -2.00. The molecular formula is C10H8N4. The van der Waals surface area contributed by atoms with E-state index < -0.39 is 0 Å². The van der Waals surface area contributed by atoms with Gasteiger partial charge in [-0.2, -0.15) is 0 Å². The zero-order valence-corrected chi connectivity index (χ0v) is 7.68. The van der Waals surface area contributed by atoms with Crippen molar-refractivity contribution in [3.8, 4) is 0 Å². The number of nitrogens with zero attached hydrogens (tertiary/aromatic N) is 4. The summed E-state index contributed by atoms with van der Waals surface area (Å²) in [5, 5.41) is 4.58. The van der Waals surface area contributed by atoms with Gasteiger partial charge in [0.2, 0.25) is 0 Å². The van der Waals surface area contributed by atoms with Crippen LogP contribution in [0.1, 0.15) is 5.69 Å². The summed E-state index contributed by atoms with van der Waals surface area (Å²) in [4.78, 5) is 7.10. The zero-order valence-electron chi connectivity index (χ0n) is 7.68. The zero-order chi connectivity index (χ0) is 9.97. The van der Waals surface area contributed by atoms with E-state index in [-0.39, 0.29) is 0 Å². The van der Waals surface area contributed by atoms with Gasteiger partial charge in [-0.05, 0) is 18.5 Å². The molecule has 2 rings (SSSR count). The Bertz CT molecular complexity index is 527. The number of aromatic nitrogens is 1. The number of azide groups is 1. The quantitative estimate of drug-likeness (QED) is 0.380. The van der Waals surface area contributed by atoms with Crippen LogP contribution >= 0.6 is 0 Å². The summed E-state index contributed by atoms with van der Waals surface area (Å²) in [7, 11) is 0. The van der Waals surface area contributed by atoms with Crippen molar-refractivity contribution >= 4 is 16.6 Å². The molecule has 0 unspecified atom stereocenters. The second kappa shape index (κ2) is 3.36. The van der Waals surface area contributed by atoms with Gasteiger partial charge in [0.15, 0.2) is 0 Å². The van der Waals surface area contributed by atoms with Crippen LogP contribution in [0, 0.1) is 6.92 Å². The average Bonchev–Trinajstić information content (AvgIpc) is 2.19. The molecule has 1 heterocycles. The topological polar surface area (TPSA) is 61.7 Å². The number of aryl methyl sites for hydroxylation is 1. The van der Waals surface area contributed by atoms with Crippen LogP contribution in [-0.2, 0) is 0 Å². The lowest BCUT2D eigenvalue weighted by Crippen LogP contribution is -1.82. The molecule has 68 valence electrons. The number of hydrogen-bond donors (Lipinski definition) is 0. The molecular weight excluding hydrogens is 176 g/mol. The van der Waals surface area contributed by atoms with Crippen molar-refractivity contribution in [1.29, 1.82) is 0 Å². The summed E-state index contributed by atoms with van der Waals surface area (Å²) in [6.45, 7) is 1.91. The van der Waals surface area contributed by atoms with Crippen molar-refractivity contribution in [3.05, 3.63) is 46.5 Å². The smallest absolute Gasteiger partial charge is 0.0800 e. The molecule has 0 aliphatic carbocycles. The molecule has 0 aliphatic heterocycles. The maximum Gasteiger partial charge on any atom is 0.0800 e. The van der Waals surface area contributed by atoms with Gasteiger partial charge in [0.05, 0.1) is 11.2 Å². The largest absolute Gasteiger partial charge is 0.253 e. The number of pyridine rings is 1. The summed E-state index contributed by atoms with van der Waals surface area (Å²) in [6.07, 6.45) is 0. The molecule has 0 saturated heterocycles. The molecule has 0 aliphatic rings. The first-order valence-corrected chi connectivity index (χ1v) is 4.23. The Balaban J connectivity index is 2.83. The molecule has 0 radical (unpaired) electrons. The van der Waals surface area contributed by atoms with E-state index >= 15 is 0 Å². The maximum atomic E-state index is 8.38. The highest BCUT2D eigenvalue weighted by molar-refractivity contribution is 5.88. The molecule has 0 amide bonds. The van der Waals surface area contributed by atoms with Crippen molar-refractivity contribution < 1.29 is 0 Å². The molecule has 14 heavy (non-hydrogen) atoms. The van der Waals surface area contributed by atoms with E-state index in [1.165, 1.54) is 0 Å². The van der Waals surface area contributed by atoms with E-state index in [0.29, 0.717) is 5.69 Å². The van der Waals surface area contributed by atoms with Crippen molar-refractivity contribution in [2.24, 2.45) is 5.11 Å². The van der Waals surface area contributed by atoms with Crippen LogP contribution < -0.4 is 0 Å². The Hall–Kier alpha value is -2.06. The average molecular weight is 184 g/mol. The highest BCUT2D eigenvalue weighted by Crippen LogP contribution is 2.24. The van der Waals surface area contributed by atoms with Crippen molar-refractivity contribution in [2.75, 3.05) is 0 Å². The highest BCUT2D eigenvalue weighted by Gasteiger charge is 1.99. The first-order chi connectivity index (χ1) is 6.81. The van der Waals surface area contributed by atoms with Crippen molar-refractivity contribution in [1.82, 2.24) is 4.98 Å². The third-order valence-electron chi connectivity index (χ3n) is 1.99. The Morgan fingerprint density at radius 3 is 2.93 bits per heavy atom. The van der Waals surface area contributed by atoms with Crippen molar-refractivity contribution in [2.45, 2.75) is 6.92 Å². The minimum atomic E-state index is 0.578. The van der Waals surface area contributed by atoms with Gasteiger partial charge in [0.25, 0.3) is 0 Å². The van der Waals surface area contributed by atoms with Crippen LogP contribution in [0.2, 0.25) is 0 Å². The van der Waals surface area contributed by atoms with Gasteiger partial charge in [-0.3, -0.25) is 4.98 Å². The van der Waals surface area contributed by atoms with Crippen LogP contribution in [0.15, 0.2) is 35.4 Å². The third kappa shape index (κ3) is 1.39. The van der Waals surface area contributed by atoms with E-state index in [1.54, 1.807) is 6.07 Å². The predicted octanol–water partition coefficient (Wildman–Crippen LogP) is 3.49. The molecule has 2 aromatic rings. The number of benzene rings is 1. The molecule has 1 aromatic carbocycles. The summed E-state index contributed by atoms with van der Waals surface area (Å²) in [6, 6.07) is 9.45.